The quantitative estimate of drug-likeness (QED) is 0.841. The smallest absolute Gasteiger partial charge is 0.143 e. The first-order valence-electron chi connectivity index (χ1n) is 5.36. The van der Waals surface area contributed by atoms with Crippen molar-refractivity contribution in [3.63, 3.8) is 0 Å². The lowest BCUT2D eigenvalue weighted by Crippen LogP contribution is -2.48. The molecule has 1 saturated heterocycles. The summed E-state index contributed by atoms with van der Waals surface area (Å²) >= 11 is 8.53. The Morgan fingerprint density at radius 3 is 3.18 bits per heavy atom. The lowest BCUT2D eigenvalue weighted by molar-refractivity contribution is 0.0843. The van der Waals surface area contributed by atoms with Crippen LogP contribution in [-0.2, 0) is 4.74 Å². The number of aryl methyl sites for hydroxylation is 1. The van der Waals surface area contributed by atoms with Crippen LogP contribution in [0.2, 0.25) is 0 Å². The number of nitrogens with two attached hydrogens (primary N) is 1. The van der Waals surface area contributed by atoms with E-state index in [1.165, 1.54) is 0 Å². The Morgan fingerprint density at radius 1 is 1.71 bits per heavy atom. The van der Waals surface area contributed by atoms with Gasteiger partial charge >= 0.3 is 0 Å². The van der Waals surface area contributed by atoms with Crippen LogP contribution in [-0.4, -0.2) is 35.8 Å². The standard InChI is InChI=1S/C11H14BrN3OS/c1-7-2-3-14-11(9(7)12)15-4-5-16-8(6-15)10(13)17/h2-3,8H,4-6H2,1H3,(H2,13,17). The number of hydrogen-bond acceptors (Lipinski definition) is 4. The monoisotopic (exact) mass is 315 g/mol. The largest absolute Gasteiger partial charge is 0.391 e. The van der Waals surface area contributed by atoms with Crippen molar-refractivity contribution >= 4 is 39.0 Å². The number of ether oxygens (including phenoxy) is 1. The van der Waals surface area contributed by atoms with Gasteiger partial charge in [-0.3, -0.25) is 0 Å². The molecule has 1 aromatic rings. The number of aromatic nitrogens is 1. The van der Waals surface area contributed by atoms with E-state index in [2.05, 4.69) is 25.8 Å². The van der Waals surface area contributed by atoms with Crippen molar-refractivity contribution in [2.24, 2.45) is 5.73 Å². The average molecular weight is 316 g/mol. The number of pyridine rings is 1. The van der Waals surface area contributed by atoms with Crippen molar-refractivity contribution in [3.05, 3.63) is 22.3 Å². The van der Waals surface area contributed by atoms with Crippen molar-refractivity contribution in [1.82, 2.24) is 4.98 Å². The van der Waals surface area contributed by atoms with Crippen LogP contribution in [0.3, 0.4) is 0 Å². The molecule has 1 fully saturated rings. The van der Waals surface area contributed by atoms with Gasteiger partial charge in [-0.15, -0.1) is 0 Å². The van der Waals surface area contributed by atoms with Crippen molar-refractivity contribution in [2.75, 3.05) is 24.6 Å². The third-order valence-electron chi connectivity index (χ3n) is 2.75. The molecule has 0 radical (unpaired) electrons. The van der Waals surface area contributed by atoms with Crippen LogP contribution < -0.4 is 10.6 Å². The summed E-state index contributed by atoms with van der Waals surface area (Å²) in [5, 5.41) is 0. The van der Waals surface area contributed by atoms with Crippen molar-refractivity contribution in [2.45, 2.75) is 13.0 Å². The SMILES string of the molecule is Cc1ccnc(N2CCOC(C(N)=S)C2)c1Br. The Labute approximate surface area is 114 Å². The summed E-state index contributed by atoms with van der Waals surface area (Å²) in [6.07, 6.45) is 1.62. The van der Waals surface area contributed by atoms with E-state index in [-0.39, 0.29) is 6.10 Å². The number of rotatable bonds is 2. The molecule has 1 aromatic heterocycles. The molecule has 6 heteroatoms. The summed E-state index contributed by atoms with van der Waals surface area (Å²) in [6.45, 7) is 4.11. The molecule has 92 valence electrons. The molecule has 2 N–H and O–H groups in total. The summed E-state index contributed by atoms with van der Waals surface area (Å²) in [5.41, 5.74) is 6.78. The maximum atomic E-state index is 5.62. The molecule has 17 heavy (non-hydrogen) atoms. The van der Waals surface area contributed by atoms with E-state index >= 15 is 0 Å². The molecular weight excluding hydrogens is 302 g/mol. The highest BCUT2D eigenvalue weighted by Gasteiger charge is 2.24. The zero-order valence-corrected chi connectivity index (χ0v) is 11.9. The van der Waals surface area contributed by atoms with Gasteiger partial charge in [0, 0.05) is 12.7 Å². The zero-order valence-electron chi connectivity index (χ0n) is 9.52. The first kappa shape index (κ1) is 12.7. The van der Waals surface area contributed by atoms with Gasteiger partial charge in [0.25, 0.3) is 0 Å². The van der Waals surface area contributed by atoms with Crippen LogP contribution >= 0.6 is 28.1 Å². The van der Waals surface area contributed by atoms with Gasteiger partial charge in [-0.1, -0.05) is 12.2 Å². The van der Waals surface area contributed by atoms with E-state index in [4.69, 9.17) is 22.7 Å². The highest BCUT2D eigenvalue weighted by molar-refractivity contribution is 9.10. The molecule has 0 amide bonds. The second kappa shape index (κ2) is 5.29. The molecule has 0 aliphatic carbocycles. The molecule has 4 nitrogen and oxygen atoms in total. The average Bonchev–Trinajstić information content (AvgIpc) is 2.33. The number of thiocarbonyl (C=S) groups is 1. The second-order valence-electron chi connectivity index (χ2n) is 3.97. The van der Waals surface area contributed by atoms with E-state index in [0.717, 1.165) is 22.4 Å². The van der Waals surface area contributed by atoms with Gasteiger partial charge in [-0.2, -0.15) is 0 Å². The Bertz CT molecular complexity index is 441. The molecular formula is C11H14BrN3OS. The molecule has 0 saturated carbocycles. The molecule has 0 aromatic carbocycles. The Hall–Kier alpha value is -0.720. The fraction of sp³-hybridized carbons (Fsp3) is 0.455. The van der Waals surface area contributed by atoms with E-state index in [0.29, 0.717) is 18.1 Å². The predicted molar refractivity (Wildman–Crippen MR) is 75.4 cm³/mol. The third kappa shape index (κ3) is 2.75. The van der Waals surface area contributed by atoms with E-state index in [1.54, 1.807) is 6.20 Å². The highest BCUT2D eigenvalue weighted by atomic mass is 79.9. The van der Waals surface area contributed by atoms with Crippen LogP contribution in [0, 0.1) is 6.92 Å². The summed E-state index contributed by atoms with van der Waals surface area (Å²) in [5.74, 6) is 0.926. The van der Waals surface area contributed by atoms with Crippen LogP contribution in [0.25, 0.3) is 0 Å². The molecule has 1 atom stereocenters. The van der Waals surface area contributed by atoms with Gasteiger partial charge in [-0.05, 0) is 34.5 Å². The van der Waals surface area contributed by atoms with Gasteiger partial charge in [-0.25, -0.2) is 4.98 Å². The van der Waals surface area contributed by atoms with Gasteiger partial charge in [0.2, 0.25) is 0 Å². The van der Waals surface area contributed by atoms with Crippen molar-refractivity contribution < 1.29 is 4.74 Å². The minimum Gasteiger partial charge on any atom is -0.391 e. The normalized spacial score (nSPS) is 20.4. The van der Waals surface area contributed by atoms with E-state index in [9.17, 15) is 0 Å². The Morgan fingerprint density at radius 2 is 2.47 bits per heavy atom. The predicted octanol–water partition coefficient (Wildman–Crippen LogP) is 1.64. The third-order valence-corrected chi connectivity index (χ3v) is 3.99. The van der Waals surface area contributed by atoms with Crippen molar-refractivity contribution in [3.8, 4) is 0 Å². The van der Waals surface area contributed by atoms with Crippen molar-refractivity contribution in [1.29, 1.82) is 0 Å². The minimum absolute atomic E-state index is 0.187. The second-order valence-corrected chi connectivity index (χ2v) is 5.24. The molecule has 2 heterocycles. The van der Waals surface area contributed by atoms with E-state index in [1.807, 2.05) is 13.0 Å². The molecule has 1 aliphatic heterocycles. The molecule has 0 bridgehead atoms. The van der Waals surface area contributed by atoms with Crippen LogP contribution in [0.1, 0.15) is 5.56 Å². The van der Waals surface area contributed by atoms with Gasteiger partial charge in [0.05, 0.1) is 17.6 Å². The summed E-state index contributed by atoms with van der Waals surface area (Å²) in [6, 6.07) is 1.97. The molecule has 1 aliphatic rings. The summed E-state index contributed by atoms with van der Waals surface area (Å²) in [4.78, 5) is 6.94. The number of halogens is 1. The highest BCUT2D eigenvalue weighted by Crippen LogP contribution is 2.27. The van der Waals surface area contributed by atoms with Crippen LogP contribution in [0.4, 0.5) is 5.82 Å². The van der Waals surface area contributed by atoms with Gasteiger partial charge in [0.15, 0.2) is 0 Å². The number of anilines is 1. The Kier molecular flexibility index (Phi) is 3.96. The van der Waals surface area contributed by atoms with Crippen LogP contribution in [0.15, 0.2) is 16.7 Å². The number of morpholine rings is 1. The first-order valence-corrected chi connectivity index (χ1v) is 6.56. The Balaban J connectivity index is 2.22. The zero-order chi connectivity index (χ0) is 12.4. The maximum Gasteiger partial charge on any atom is 0.143 e. The van der Waals surface area contributed by atoms with Gasteiger partial charge in [0.1, 0.15) is 16.9 Å². The minimum atomic E-state index is -0.187. The summed E-state index contributed by atoms with van der Waals surface area (Å²) in [7, 11) is 0. The summed E-state index contributed by atoms with van der Waals surface area (Å²) < 4.78 is 6.53. The topological polar surface area (TPSA) is 51.4 Å². The maximum absolute atomic E-state index is 5.62. The molecule has 2 rings (SSSR count). The number of hydrogen-bond donors (Lipinski definition) is 1. The van der Waals surface area contributed by atoms with E-state index < -0.39 is 0 Å². The van der Waals surface area contributed by atoms with Crippen LogP contribution in [0.5, 0.6) is 0 Å². The first-order chi connectivity index (χ1) is 8.09. The fourth-order valence-electron chi connectivity index (χ4n) is 1.76. The fourth-order valence-corrected chi connectivity index (χ4v) is 2.39. The molecule has 1 unspecified atom stereocenters. The number of nitrogens with zero attached hydrogens (tertiary/aromatic N) is 2. The lowest BCUT2D eigenvalue weighted by Gasteiger charge is -2.33. The van der Waals surface area contributed by atoms with Gasteiger partial charge < -0.3 is 15.4 Å². The molecule has 0 spiro atoms. The lowest BCUT2D eigenvalue weighted by atomic mass is 10.2.